The van der Waals surface area contributed by atoms with Crippen LogP contribution in [0, 0.1) is 11.7 Å². The number of hydrogen-bond acceptors (Lipinski definition) is 5. The first kappa shape index (κ1) is 22.6. The standard InChI is InChI=1S/C21H17Br2FN2O3S/c1-29-20(28)18(9-13-6-15(23)10-16(24)7-13)19(27)26-21-25-11-17(30-21)8-12-2-4-14(22)5-3-12/h2-7,10-11,18H,8-9H2,1H3,(H,25,26,27). The van der Waals surface area contributed by atoms with E-state index in [2.05, 4.69) is 42.2 Å². The second-order valence-electron chi connectivity index (χ2n) is 6.48. The largest absolute Gasteiger partial charge is 0.468 e. The highest BCUT2D eigenvalue weighted by molar-refractivity contribution is 9.10. The van der Waals surface area contributed by atoms with E-state index in [1.807, 2.05) is 24.3 Å². The van der Waals surface area contributed by atoms with E-state index in [-0.39, 0.29) is 6.42 Å². The zero-order chi connectivity index (χ0) is 21.7. The van der Waals surface area contributed by atoms with Crippen molar-refractivity contribution in [2.24, 2.45) is 5.92 Å². The molecule has 0 fully saturated rings. The molecule has 0 saturated carbocycles. The molecule has 3 rings (SSSR count). The summed E-state index contributed by atoms with van der Waals surface area (Å²) in [5, 5.41) is 3.07. The van der Waals surface area contributed by atoms with Gasteiger partial charge >= 0.3 is 5.97 Å². The number of thiazole rings is 1. The molecule has 3 aromatic rings. The van der Waals surface area contributed by atoms with Gasteiger partial charge in [0.05, 0.1) is 7.11 Å². The third-order valence-electron chi connectivity index (χ3n) is 4.24. The van der Waals surface area contributed by atoms with Crippen LogP contribution in [0.2, 0.25) is 0 Å². The van der Waals surface area contributed by atoms with E-state index in [1.54, 1.807) is 12.3 Å². The third kappa shape index (κ3) is 6.20. The van der Waals surface area contributed by atoms with Gasteiger partial charge in [0.2, 0.25) is 5.91 Å². The summed E-state index contributed by atoms with van der Waals surface area (Å²) >= 11 is 7.95. The molecule has 0 saturated heterocycles. The molecular weight excluding hydrogens is 539 g/mol. The van der Waals surface area contributed by atoms with Crippen LogP contribution in [0.15, 0.2) is 57.6 Å². The highest BCUT2D eigenvalue weighted by Gasteiger charge is 2.29. The van der Waals surface area contributed by atoms with E-state index in [4.69, 9.17) is 4.74 Å². The van der Waals surface area contributed by atoms with E-state index in [0.29, 0.717) is 21.6 Å². The van der Waals surface area contributed by atoms with Gasteiger partial charge in [0.1, 0.15) is 11.7 Å². The summed E-state index contributed by atoms with van der Waals surface area (Å²) in [5.41, 5.74) is 1.62. The first-order valence-electron chi connectivity index (χ1n) is 8.87. The molecule has 9 heteroatoms. The van der Waals surface area contributed by atoms with Crippen molar-refractivity contribution in [2.75, 3.05) is 12.4 Å². The predicted molar refractivity (Wildman–Crippen MR) is 121 cm³/mol. The third-order valence-corrected chi connectivity index (χ3v) is 6.14. The number of carbonyl (C=O) groups is 2. The number of ether oxygens (including phenoxy) is 1. The average Bonchev–Trinajstić information content (AvgIpc) is 3.13. The van der Waals surface area contributed by atoms with Crippen LogP contribution in [0.1, 0.15) is 16.0 Å². The number of hydrogen-bond donors (Lipinski definition) is 1. The van der Waals surface area contributed by atoms with Crippen molar-refractivity contribution in [3.8, 4) is 0 Å². The van der Waals surface area contributed by atoms with Gasteiger partial charge < -0.3 is 10.1 Å². The smallest absolute Gasteiger partial charge is 0.318 e. The lowest BCUT2D eigenvalue weighted by Gasteiger charge is -2.14. The number of carbonyl (C=O) groups excluding carboxylic acids is 2. The summed E-state index contributed by atoms with van der Waals surface area (Å²) in [6.45, 7) is 0. The Labute approximate surface area is 193 Å². The summed E-state index contributed by atoms with van der Waals surface area (Å²) in [5.74, 6) is -2.82. The van der Waals surface area contributed by atoms with Gasteiger partial charge in [0.15, 0.2) is 5.13 Å². The van der Waals surface area contributed by atoms with Crippen LogP contribution in [0.3, 0.4) is 0 Å². The zero-order valence-corrected chi connectivity index (χ0v) is 19.8. The molecule has 1 heterocycles. The minimum atomic E-state index is -1.12. The molecule has 0 aliphatic carbocycles. The number of anilines is 1. The lowest BCUT2D eigenvalue weighted by atomic mass is 9.98. The monoisotopic (exact) mass is 554 g/mol. The van der Waals surface area contributed by atoms with Crippen LogP contribution < -0.4 is 5.32 Å². The summed E-state index contributed by atoms with van der Waals surface area (Å²) in [7, 11) is 1.21. The number of rotatable bonds is 7. The summed E-state index contributed by atoms with van der Waals surface area (Å²) < 4.78 is 20.0. The molecule has 30 heavy (non-hydrogen) atoms. The molecule has 1 unspecified atom stereocenters. The molecule has 2 aromatic carbocycles. The summed E-state index contributed by atoms with van der Waals surface area (Å²) in [4.78, 5) is 30.1. The second-order valence-corrected chi connectivity index (χ2v) is 9.43. The molecule has 5 nitrogen and oxygen atoms in total. The Morgan fingerprint density at radius 1 is 1.13 bits per heavy atom. The number of amides is 1. The maximum atomic E-state index is 13.7. The van der Waals surface area contributed by atoms with Crippen molar-refractivity contribution in [1.82, 2.24) is 4.98 Å². The van der Waals surface area contributed by atoms with Crippen molar-refractivity contribution in [1.29, 1.82) is 0 Å². The molecule has 156 valence electrons. The lowest BCUT2D eigenvalue weighted by Crippen LogP contribution is -2.32. The quantitative estimate of drug-likeness (QED) is 0.314. The van der Waals surface area contributed by atoms with Gasteiger partial charge in [-0.15, -0.1) is 11.3 Å². The maximum absolute atomic E-state index is 13.7. The molecule has 0 aliphatic rings. The number of nitrogens with zero attached hydrogens (tertiary/aromatic N) is 1. The molecule has 1 N–H and O–H groups in total. The van der Waals surface area contributed by atoms with Crippen molar-refractivity contribution in [2.45, 2.75) is 12.8 Å². The molecular formula is C21H17Br2FN2O3S. The van der Waals surface area contributed by atoms with E-state index in [1.165, 1.54) is 30.6 Å². The van der Waals surface area contributed by atoms with Crippen molar-refractivity contribution >= 4 is 60.2 Å². The zero-order valence-electron chi connectivity index (χ0n) is 15.8. The van der Waals surface area contributed by atoms with Crippen LogP contribution in [0.4, 0.5) is 9.52 Å². The highest BCUT2D eigenvalue weighted by Crippen LogP contribution is 2.24. The van der Waals surface area contributed by atoms with Crippen LogP contribution >= 0.6 is 43.2 Å². The Kier molecular flexibility index (Phi) is 7.74. The minimum absolute atomic E-state index is 0.00594. The topological polar surface area (TPSA) is 68.3 Å². The number of methoxy groups -OCH3 is 1. The van der Waals surface area contributed by atoms with Crippen LogP contribution in [0.5, 0.6) is 0 Å². The summed E-state index contributed by atoms with van der Waals surface area (Å²) in [6.07, 6.45) is 2.38. The minimum Gasteiger partial charge on any atom is -0.468 e. The van der Waals surface area contributed by atoms with Gasteiger partial charge in [-0.05, 0) is 47.9 Å². The van der Waals surface area contributed by atoms with Crippen molar-refractivity contribution in [3.05, 3.63) is 79.4 Å². The fourth-order valence-corrected chi connectivity index (χ4v) is 4.46. The predicted octanol–water partition coefficient (Wildman–Crippen LogP) is 5.37. The number of aromatic nitrogens is 1. The van der Waals surface area contributed by atoms with Gasteiger partial charge in [0.25, 0.3) is 0 Å². The maximum Gasteiger partial charge on any atom is 0.318 e. The molecule has 0 radical (unpaired) electrons. The normalized spacial score (nSPS) is 11.7. The van der Waals surface area contributed by atoms with Crippen LogP contribution in [-0.2, 0) is 27.2 Å². The van der Waals surface area contributed by atoms with Gasteiger partial charge in [0, 0.05) is 26.4 Å². The van der Waals surface area contributed by atoms with E-state index >= 15 is 0 Å². The average molecular weight is 556 g/mol. The molecule has 0 aliphatic heterocycles. The molecule has 0 bridgehead atoms. The number of nitrogens with one attached hydrogen (secondary N) is 1. The fourth-order valence-electron chi connectivity index (χ4n) is 2.83. The van der Waals surface area contributed by atoms with Gasteiger partial charge in [-0.25, -0.2) is 9.37 Å². The SMILES string of the molecule is COC(=O)C(Cc1cc(F)cc(Br)c1)C(=O)Nc1ncc(Cc2ccc(Br)cc2)s1. The second kappa shape index (κ2) is 10.3. The van der Waals surface area contributed by atoms with Crippen LogP contribution in [-0.4, -0.2) is 24.0 Å². The Morgan fingerprint density at radius 3 is 2.53 bits per heavy atom. The lowest BCUT2D eigenvalue weighted by molar-refractivity contribution is -0.148. The van der Waals surface area contributed by atoms with E-state index in [0.717, 1.165) is 14.9 Å². The first-order valence-corrected chi connectivity index (χ1v) is 11.3. The van der Waals surface area contributed by atoms with Crippen LogP contribution in [0.25, 0.3) is 0 Å². The first-order chi connectivity index (χ1) is 14.3. The van der Waals surface area contributed by atoms with E-state index in [9.17, 15) is 14.0 Å². The molecule has 1 aromatic heterocycles. The molecule has 1 amide bonds. The number of benzene rings is 2. The van der Waals surface area contributed by atoms with Gasteiger partial charge in [-0.2, -0.15) is 0 Å². The summed E-state index contributed by atoms with van der Waals surface area (Å²) in [6, 6.07) is 12.2. The molecule has 0 spiro atoms. The Morgan fingerprint density at radius 2 is 1.87 bits per heavy atom. The highest BCUT2D eigenvalue weighted by atomic mass is 79.9. The van der Waals surface area contributed by atoms with Gasteiger partial charge in [-0.1, -0.05) is 44.0 Å². The number of halogens is 3. The van der Waals surface area contributed by atoms with Crippen molar-refractivity contribution < 1.29 is 18.7 Å². The Bertz CT molecular complexity index is 1040. The van der Waals surface area contributed by atoms with Gasteiger partial charge in [-0.3, -0.25) is 9.59 Å². The Balaban J connectivity index is 1.70. The van der Waals surface area contributed by atoms with Crippen molar-refractivity contribution in [3.63, 3.8) is 0 Å². The molecule has 1 atom stereocenters. The van der Waals surface area contributed by atoms with E-state index < -0.39 is 23.6 Å². The Hall–Kier alpha value is -2.10. The fraction of sp³-hybridized carbons (Fsp3) is 0.190. The number of esters is 1.